The fourth-order valence-electron chi connectivity index (χ4n) is 1.64. The molecule has 0 radical (unpaired) electrons. The lowest BCUT2D eigenvalue weighted by atomic mass is 10.2. The van der Waals surface area contributed by atoms with Crippen molar-refractivity contribution in [2.24, 2.45) is 0 Å². The van der Waals surface area contributed by atoms with Gasteiger partial charge in [0, 0.05) is 18.7 Å². The molecule has 1 aromatic rings. The van der Waals surface area contributed by atoms with Gasteiger partial charge in [-0.25, -0.2) is 4.79 Å². The van der Waals surface area contributed by atoms with E-state index in [0.717, 1.165) is 5.69 Å². The summed E-state index contributed by atoms with van der Waals surface area (Å²) >= 11 is 0. The van der Waals surface area contributed by atoms with Crippen LogP contribution < -0.4 is 5.32 Å². The lowest BCUT2D eigenvalue weighted by Crippen LogP contribution is -2.08. The van der Waals surface area contributed by atoms with Crippen LogP contribution in [0.1, 0.15) is 37.0 Å². The summed E-state index contributed by atoms with van der Waals surface area (Å²) in [7, 11) is 0. The fraction of sp³-hybridized carbons (Fsp3) is 0.467. The number of anilines is 1. The van der Waals surface area contributed by atoms with E-state index >= 15 is 0 Å². The van der Waals surface area contributed by atoms with Gasteiger partial charge in [-0.15, -0.1) is 0 Å². The van der Waals surface area contributed by atoms with Gasteiger partial charge in [0.2, 0.25) is 0 Å². The Hall–Kier alpha value is -2.04. The van der Waals surface area contributed by atoms with Gasteiger partial charge in [0.15, 0.2) is 0 Å². The number of ether oxygens (including phenoxy) is 2. The molecule has 1 N–H and O–H groups in total. The number of carbonyl (C=O) groups excluding carboxylic acids is 2. The lowest BCUT2D eigenvalue weighted by Gasteiger charge is -2.07. The van der Waals surface area contributed by atoms with Crippen LogP contribution in [-0.4, -0.2) is 31.7 Å². The summed E-state index contributed by atoms with van der Waals surface area (Å²) in [6.45, 7) is 5.03. The van der Waals surface area contributed by atoms with E-state index in [9.17, 15) is 9.59 Å². The van der Waals surface area contributed by atoms with Crippen molar-refractivity contribution in [1.29, 1.82) is 0 Å². The summed E-state index contributed by atoms with van der Waals surface area (Å²) in [5, 5.41) is 3.18. The molecule has 5 heteroatoms. The number of rotatable bonds is 8. The van der Waals surface area contributed by atoms with Crippen molar-refractivity contribution in [1.82, 2.24) is 0 Å². The number of esters is 2. The van der Waals surface area contributed by atoms with E-state index in [0.29, 0.717) is 38.2 Å². The second kappa shape index (κ2) is 8.96. The highest BCUT2D eigenvalue weighted by Crippen LogP contribution is 2.10. The molecule has 110 valence electrons. The summed E-state index contributed by atoms with van der Waals surface area (Å²) in [6, 6.07) is 7.06. The van der Waals surface area contributed by atoms with Crippen LogP contribution in [0, 0.1) is 0 Å². The number of carbonyl (C=O) groups is 2. The SMILES string of the molecule is CCOC(=O)CCCNc1ccc(C(=O)OCC)cc1. The molecule has 1 aromatic carbocycles. The minimum absolute atomic E-state index is 0.174. The standard InChI is InChI=1S/C15H21NO4/c1-3-19-14(17)6-5-11-16-13-9-7-12(8-10-13)15(18)20-4-2/h7-10,16H,3-6,11H2,1-2H3. The molecule has 0 aliphatic carbocycles. The van der Waals surface area contributed by atoms with Crippen molar-refractivity contribution < 1.29 is 19.1 Å². The average molecular weight is 279 g/mol. The maximum absolute atomic E-state index is 11.5. The Morgan fingerprint density at radius 1 is 1.05 bits per heavy atom. The van der Waals surface area contributed by atoms with Crippen molar-refractivity contribution in [3.63, 3.8) is 0 Å². The molecule has 5 nitrogen and oxygen atoms in total. The first kappa shape index (κ1) is 16.0. The third kappa shape index (κ3) is 5.73. The van der Waals surface area contributed by atoms with E-state index < -0.39 is 0 Å². The third-order valence-electron chi connectivity index (χ3n) is 2.59. The Labute approximate surface area is 119 Å². The van der Waals surface area contributed by atoms with Crippen molar-refractivity contribution in [2.75, 3.05) is 25.1 Å². The second-order valence-electron chi connectivity index (χ2n) is 4.13. The number of nitrogens with one attached hydrogen (secondary N) is 1. The molecule has 0 saturated heterocycles. The first-order valence-electron chi connectivity index (χ1n) is 6.84. The van der Waals surface area contributed by atoms with Gasteiger partial charge in [-0.3, -0.25) is 4.79 Å². The molecule has 0 atom stereocenters. The largest absolute Gasteiger partial charge is 0.466 e. The third-order valence-corrected chi connectivity index (χ3v) is 2.59. The van der Waals surface area contributed by atoms with Crippen molar-refractivity contribution >= 4 is 17.6 Å². The number of hydrogen-bond donors (Lipinski definition) is 1. The highest BCUT2D eigenvalue weighted by atomic mass is 16.5. The Morgan fingerprint density at radius 2 is 1.70 bits per heavy atom. The molecule has 0 spiro atoms. The second-order valence-corrected chi connectivity index (χ2v) is 4.13. The van der Waals surface area contributed by atoms with Gasteiger partial charge in [0.1, 0.15) is 0 Å². The maximum Gasteiger partial charge on any atom is 0.338 e. The smallest absolute Gasteiger partial charge is 0.338 e. The number of benzene rings is 1. The average Bonchev–Trinajstić information content (AvgIpc) is 2.45. The summed E-state index contributed by atoms with van der Waals surface area (Å²) in [5.74, 6) is -0.492. The van der Waals surface area contributed by atoms with E-state index in [2.05, 4.69) is 5.32 Å². The lowest BCUT2D eigenvalue weighted by molar-refractivity contribution is -0.143. The van der Waals surface area contributed by atoms with Gasteiger partial charge >= 0.3 is 11.9 Å². The van der Waals surface area contributed by atoms with Gasteiger partial charge in [-0.1, -0.05) is 0 Å². The topological polar surface area (TPSA) is 64.6 Å². The predicted molar refractivity (Wildman–Crippen MR) is 76.8 cm³/mol. The Bertz CT molecular complexity index is 428. The quantitative estimate of drug-likeness (QED) is 0.585. The number of hydrogen-bond acceptors (Lipinski definition) is 5. The van der Waals surface area contributed by atoms with Gasteiger partial charge in [0.25, 0.3) is 0 Å². The van der Waals surface area contributed by atoms with Crippen LogP contribution in [0.5, 0.6) is 0 Å². The van der Waals surface area contributed by atoms with E-state index in [1.54, 1.807) is 26.0 Å². The molecular formula is C15H21NO4. The molecule has 0 aliphatic rings. The Balaban J connectivity index is 2.31. The normalized spacial score (nSPS) is 9.90. The summed E-state index contributed by atoms with van der Waals surface area (Å²) in [4.78, 5) is 22.6. The first-order chi connectivity index (χ1) is 9.67. The van der Waals surface area contributed by atoms with Crippen molar-refractivity contribution in [3.8, 4) is 0 Å². The van der Waals surface area contributed by atoms with Crippen LogP contribution in [0.3, 0.4) is 0 Å². The zero-order chi connectivity index (χ0) is 14.8. The molecule has 0 fully saturated rings. The molecule has 0 amide bonds. The highest BCUT2D eigenvalue weighted by molar-refractivity contribution is 5.89. The molecule has 1 rings (SSSR count). The van der Waals surface area contributed by atoms with Crippen LogP contribution in [0.25, 0.3) is 0 Å². The van der Waals surface area contributed by atoms with E-state index in [1.165, 1.54) is 0 Å². The first-order valence-corrected chi connectivity index (χ1v) is 6.84. The van der Waals surface area contributed by atoms with E-state index in [4.69, 9.17) is 9.47 Å². The van der Waals surface area contributed by atoms with E-state index in [-0.39, 0.29) is 11.9 Å². The van der Waals surface area contributed by atoms with Crippen LogP contribution in [0.15, 0.2) is 24.3 Å². The monoisotopic (exact) mass is 279 g/mol. The molecule has 20 heavy (non-hydrogen) atoms. The molecule has 0 saturated carbocycles. The molecule has 0 bridgehead atoms. The van der Waals surface area contributed by atoms with E-state index in [1.807, 2.05) is 12.1 Å². The van der Waals surface area contributed by atoms with Gasteiger partial charge in [-0.2, -0.15) is 0 Å². The molecule has 0 aliphatic heterocycles. The van der Waals surface area contributed by atoms with Gasteiger partial charge in [-0.05, 0) is 44.5 Å². The molecule has 0 unspecified atom stereocenters. The highest BCUT2D eigenvalue weighted by Gasteiger charge is 2.05. The summed E-state index contributed by atoms with van der Waals surface area (Å²) < 4.78 is 9.75. The van der Waals surface area contributed by atoms with Crippen LogP contribution in [0.2, 0.25) is 0 Å². The maximum atomic E-state index is 11.5. The Morgan fingerprint density at radius 3 is 2.30 bits per heavy atom. The van der Waals surface area contributed by atoms with Crippen molar-refractivity contribution in [3.05, 3.63) is 29.8 Å². The van der Waals surface area contributed by atoms with Crippen LogP contribution >= 0.6 is 0 Å². The summed E-state index contributed by atoms with van der Waals surface area (Å²) in [6.07, 6.45) is 1.11. The molecule has 0 aromatic heterocycles. The zero-order valence-corrected chi connectivity index (χ0v) is 12.0. The summed E-state index contributed by atoms with van der Waals surface area (Å²) in [5.41, 5.74) is 1.44. The molecule has 0 heterocycles. The fourth-order valence-corrected chi connectivity index (χ4v) is 1.64. The van der Waals surface area contributed by atoms with Crippen LogP contribution in [-0.2, 0) is 14.3 Å². The van der Waals surface area contributed by atoms with Gasteiger partial charge < -0.3 is 14.8 Å². The predicted octanol–water partition coefficient (Wildman–Crippen LogP) is 2.62. The Kier molecular flexibility index (Phi) is 7.17. The van der Waals surface area contributed by atoms with Gasteiger partial charge in [0.05, 0.1) is 18.8 Å². The zero-order valence-electron chi connectivity index (χ0n) is 12.0. The minimum Gasteiger partial charge on any atom is -0.466 e. The van der Waals surface area contributed by atoms with Crippen LogP contribution in [0.4, 0.5) is 5.69 Å². The minimum atomic E-state index is -0.318. The van der Waals surface area contributed by atoms with Crippen molar-refractivity contribution in [2.45, 2.75) is 26.7 Å². The molecular weight excluding hydrogens is 258 g/mol.